The monoisotopic (exact) mass is 406 g/mol. The molecule has 6 heteroatoms. The molecule has 2 aromatic carbocycles. The van der Waals surface area contributed by atoms with Crippen molar-refractivity contribution in [1.29, 1.82) is 0 Å². The van der Waals surface area contributed by atoms with E-state index in [0.717, 1.165) is 23.4 Å². The Morgan fingerprint density at radius 3 is 2.83 bits per heavy atom. The van der Waals surface area contributed by atoms with Gasteiger partial charge in [-0.3, -0.25) is 0 Å². The van der Waals surface area contributed by atoms with Crippen molar-refractivity contribution in [3.63, 3.8) is 0 Å². The lowest BCUT2D eigenvalue weighted by Crippen LogP contribution is -2.33. The summed E-state index contributed by atoms with van der Waals surface area (Å²) in [7, 11) is 1.65. The van der Waals surface area contributed by atoms with Crippen LogP contribution in [-0.2, 0) is 0 Å². The van der Waals surface area contributed by atoms with Gasteiger partial charge in [-0.05, 0) is 42.6 Å². The second kappa shape index (κ2) is 7.44. The first-order chi connectivity index (χ1) is 14.3. The van der Waals surface area contributed by atoms with Crippen LogP contribution in [-0.4, -0.2) is 24.4 Å². The van der Waals surface area contributed by atoms with E-state index in [4.69, 9.17) is 19.3 Å². The number of hydrogen-bond donors (Lipinski definition) is 0. The topological polar surface area (TPSA) is 43.3 Å². The maximum absolute atomic E-state index is 6.43. The Hall–Kier alpha value is -2.99. The average molecular weight is 407 g/mol. The zero-order chi connectivity index (χ0) is 19.8. The third-order valence-electron chi connectivity index (χ3n) is 5.28. The van der Waals surface area contributed by atoms with Crippen LogP contribution in [0.2, 0.25) is 0 Å². The van der Waals surface area contributed by atoms with Gasteiger partial charge in [-0.25, -0.2) is 5.01 Å². The molecule has 2 aliphatic rings. The van der Waals surface area contributed by atoms with E-state index in [1.807, 2.05) is 37.3 Å². The van der Waals surface area contributed by atoms with E-state index in [9.17, 15) is 0 Å². The highest BCUT2D eigenvalue weighted by molar-refractivity contribution is 7.12. The molecular weight excluding hydrogens is 384 g/mol. The van der Waals surface area contributed by atoms with E-state index >= 15 is 0 Å². The van der Waals surface area contributed by atoms with Gasteiger partial charge >= 0.3 is 0 Å². The minimum absolute atomic E-state index is 0.152. The SMILES string of the molecule is CCOc1cc(C2Oc3ccccc3C3CC(c4cccs4)=NN32)ccc1OC. The standard InChI is InChI=1S/C23H22N2O3S/c1-3-27-21-13-15(10-11-20(21)26-2)23-25-18(16-7-4-5-8-19(16)28-23)14-17(24-25)22-9-6-12-29-22/h4-13,18,23H,3,14H2,1-2H3. The molecule has 5 nitrogen and oxygen atoms in total. The van der Waals surface area contributed by atoms with Gasteiger partial charge in [0.1, 0.15) is 5.75 Å². The summed E-state index contributed by atoms with van der Waals surface area (Å²) in [5.74, 6) is 2.34. The summed E-state index contributed by atoms with van der Waals surface area (Å²) in [6, 6.07) is 18.5. The van der Waals surface area contributed by atoms with Crippen molar-refractivity contribution in [2.45, 2.75) is 25.6 Å². The Labute approximate surface area is 174 Å². The van der Waals surface area contributed by atoms with Crippen LogP contribution in [0.1, 0.15) is 41.6 Å². The first kappa shape index (κ1) is 18.1. The van der Waals surface area contributed by atoms with Crippen molar-refractivity contribution in [3.05, 3.63) is 76.0 Å². The Morgan fingerprint density at radius 1 is 1.14 bits per heavy atom. The second-order valence-corrected chi connectivity index (χ2v) is 7.92. The lowest BCUT2D eigenvalue weighted by atomic mass is 9.97. The van der Waals surface area contributed by atoms with Crippen LogP contribution < -0.4 is 14.2 Å². The normalized spacial score (nSPS) is 19.8. The van der Waals surface area contributed by atoms with Gasteiger partial charge in [0.15, 0.2) is 11.5 Å². The molecule has 0 spiro atoms. The first-order valence-electron chi connectivity index (χ1n) is 9.74. The van der Waals surface area contributed by atoms with Crippen LogP contribution >= 0.6 is 11.3 Å². The van der Waals surface area contributed by atoms with Gasteiger partial charge < -0.3 is 14.2 Å². The van der Waals surface area contributed by atoms with Crippen LogP contribution in [0.4, 0.5) is 0 Å². The second-order valence-electron chi connectivity index (χ2n) is 6.98. The van der Waals surface area contributed by atoms with Gasteiger partial charge in [0.2, 0.25) is 6.23 Å². The van der Waals surface area contributed by atoms with Crippen LogP contribution in [0.15, 0.2) is 65.1 Å². The molecule has 29 heavy (non-hydrogen) atoms. The molecule has 3 heterocycles. The Kier molecular flexibility index (Phi) is 4.64. The third-order valence-corrected chi connectivity index (χ3v) is 6.20. The molecule has 0 saturated carbocycles. The van der Waals surface area contributed by atoms with Crippen molar-refractivity contribution >= 4 is 17.0 Å². The number of rotatable bonds is 5. The summed E-state index contributed by atoms with van der Waals surface area (Å²) >= 11 is 1.72. The predicted octanol–water partition coefficient (Wildman–Crippen LogP) is 5.40. The number of thiophene rings is 1. The molecule has 0 amide bonds. The largest absolute Gasteiger partial charge is 0.493 e. The summed E-state index contributed by atoms with van der Waals surface area (Å²) < 4.78 is 17.7. The molecule has 3 aromatic rings. The van der Waals surface area contributed by atoms with Crippen LogP contribution in [0.5, 0.6) is 17.2 Å². The number of methoxy groups -OCH3 is 1. The van der Waals surface area contributed by atoms with E-state index in [0.29, 0.717) is 18.1 Å². The fraction of sp³-hybridized carbons (Fsp3) is 0.261. The molecule has 1 aromatic heterocycles. The van der Waals surface area contributed by atoms with Crippen molar-refractivity contribution in [3.8, 4) is 17.2 Å². The molecule has 0 radical (unpaired) electrons. The lowest BCUT2D eigenvalue weighted by Gasteiger charge is -2.38. The smallest absolute Gasteiger partial charge is 0.214 e. The number of nitrogens with zero attached hydrogens (tertiary/aromatic N) is 2. The van der Waals surface area contributed by atoms with E-state index in [1.165, 1.54) is 10.4 Å². The molecule has 0 saturated heterocycles. The zero-order valence-electron chi connectivity index (χ0n) is 16.4. The van der Waals surface area contributed by atoms with E-state index in [-0.39, 0.29) is 12.3 Å². The molecule has 0 aliphatic carbocycles. The van der Waals surface area contributed by atoms with Gasteiger partial charge in [-0.15, -0.1) is 11.3 Å². The molecule has 2 aliphatic heterocycles. The van der Waals surface area contributed by atoms with Gasteiger partial charge in [-0.1, -0.05) is 24.3 Å². The van der Waals surface area contributed by atoms with Gasteiger partial charge in [0, 0.05) is 17.5 Å². The summed E-state index contributed by atoms with van der Waals surface area (Å²) in [5.41, 5.74) is 3.27. The van der Waals surface area contributed by atoms with Crippen LogP contribution in [0, 0.1) is 0 Å². The number of benzene rings is 2. The number of hydrazone groups is 1. The molecule has 0 bridgehead atoms. The molecule has 0 N–H and O–H groups in total. The molecular formula is C23H22N2O3S. The highest BCUT2D eigenvalue weighted by Gasteiger charge is 2.41. The highest BCUT2D eigenvalue weighted by Crippen LogP contribution is 2.48. The van der Waals surface area contributed by atoms with Crippen molar-refractivity contribution in [1.82, 2.24) is 5.01 Å². The summed E-state index contributed by atoms with van der Waals surface area (Å²) in [6.07, 6.45) is 0.545. The minimum atomic E-state index is -0.322. The van der Waals surface area contributed by atoms with Gasteiger partial charge in [-0.2, -0.15) is 5.10 Å². The summed E-state index contributed by atoms with van der Waals surface area (Å²) in [6.45, 7) is 2.54. The average Bonchev–Trinajstić information content (AvgIpc) is 3.43. The van der Waals surface area contributed by atoms with Gasteiger partial charge in [0.05, 0.1) is 30.3 Å². The van der Waals surface area contributed by atoms with Gasteiger partial charge in [0.25, 0.3) is 0 Å². The molecule has 2 atom stereocenters. The fourth-order valence-corrected chi connectivity index (χ4v) is 4.68. The van der Waals surface area contributed by atoms with Crippen molar-refractivity contribution in [2.24, 2.45) is 5.10 Å². The fourth-order valence-electron chi connectivity index (χ4n) is 3.96. The first-order valence-corrected chi connectivity index (χ1v) is 10.6. The summed E-state index contributed by atoms with van der Waals surface area (Å²) in [5, 5.41) is 9.18. The number of ether oxygens (including phenoxy) is 3. The number of fused-ring (bicyclic) bond motifs is 3. The molecule has 5 rings (SSSR count). The van der Waals surface area contributed by atoms with Crippen molar-refractivity contribution < 1.29 is 14.2 Å². The molecule has 0 fully saturated rings. The van der Waals surface area contributed by atoms with E-state index in [1.54, 1.807) is 18.4 Å². The molecule has 2 unspecified atom stereocenters. The van der Waals surface area contributed by atoms with E-state index in [2.05, 4.69) is 34.7 Å². The Morgan fingerprint density at radius 2 is 2.03 bits per heavy atom. The van der Waals surface area contributed by atoms with Crippen LogP contribution in [0.3, 0.4) is 0 Å². The predicted molar refractivity (Wildman–Crippen MR) is 114 cm³/mol. The maximum atomic E-state index is 6.43. The number of para-hydroxylation sites is 1. The summed E-state index contributed by atoms with van der Waals surface area (Å²) in [4.78, 5) is 1.21. The minimum Gasteiger partial charge on any atom is -0.493 e. The highest BCUT2D eigenvalue weighted by atomic mass is 32.1. The molecule has 148 valence electrons. The van der Waals surface area contributed by atoms with Crippen LogP contribution in [0.25, 0.3) is 0 Å². The number of hydrogen-bond acceptors (Lipinski definition) is 6. The third kappa shape index (κ3) is 3.13. The Balaban J connectivity index is 1.58. The van der Waals surface area contributed by atoms with E-state index < -0.39 is 0 Å². The zero-order valence-corrected chi connectivity index (χ0v) is 17.2. The lowest BCUT2D eigenvalue weighted by molar-refractivity contribution is -0.0191. The quantitative estimate of drug-likeness (QED) is 0.569. The van der Waals surface area contributed by atoms with Crippen molar-refractivity contribution in [2.75, 3.05) is 13.7 Å². The maximum Gasteiger partial charge on any atom is 0.214 e. The Bertz CT molecular complexity index is 1050.